The van der Waals surface area contributed by atoms with Gasteiger partial charge in [-0.05, 0) is 31.0 Å². The Bertz CT molecular complexity index is 510. The number of halogens is 1. The van der Waals surface area contributed by atoms with Crippen molar-refractivity contribution < 1.29 is 14.3 Å². The van der Waals surface area contributed by atoms with Crippen LogP contribution in [0.15, 0.2) is 18.2 Å². The molecule has 0 saturated carbocycles. The lowest BCUT2D eigenvalue weighted by molar-refractivity contribution is -0.141. The summed E-state index contributed by atoms with van der Waals surface area (Å²) in [5.41, 5.74) is 0.642. The van der Waals surface area contributed by atoms with Crippen LogP contribution in [0.4, 0.5) is 10.1 Å². The summed E-state index contributed by atoms with van der Waals surface area (Å²) in [6.07, 6.45) is 1.36. The molecule has 2 rings (SSSR count). The van der Waals surface area contributed by atoms with Crippen molar-refractivity contribution in [2.75, 3.05) is 18.0 Å². The van der Waals surface area contributed by atoms with Crippen LogP contribution in [-0.4, -0.2) is 24.2 Å². The van der Waals surface area contributed by atoms with Crippen LogP contribution in [0.1, 0.15) is 18.4 Å². The van der Waals surface area contributed by atoms with Crippen LogP contribution in [0.5, 0.6) is 0 Å². The highest BCUT2D eigenvalue weighted by Crippen LogP contribution is 2.26. The van der Waals surface area contributed by atoms with Crippen molar-refractivity contribution in [1.29, 1.82) is 5.26 Å². The minimum absolute atomic E-state index is 0.267. The molecule has 0 bridgehead atoms. The first-order chi connectivity index (χ1) is 8.61. The van der Waals surface area contributed by atoms with Crippen LogP contribution in [0.2, 0.25) is 0 Å². The van der Waals surface area contributed by atoms with E-state index >= 15 is 0 Å². The molecular formula is C13H13FN2O2. The second-order valence-electron chi connectivity index (χ2n) is 4.40. The Morgan fingerprint density at radius 3 is 2.94 bits per heavy atom. The third-order valence-corrected chi connectivity index (χ3v) is 3.19. The number of nitrogens with zero attached hydrogens (tertiary/aromatic N) is 2. The van der Waals surface area contributed by atoms with E-state index in [1.54, 1.807) is 11.0 Å². The summed E-state index contributed by atoms with van der Waals surface area (Å²) in [4.78, 5) is 12.7. The monoisotopic (exact) mass is 248 g/mol. The third kappa shape index (κ3) is 2.43. The maximum Gasteiger partial charge on any atom is 0.308 e. The number of rotatable bonds is 2. The summed E-state index contributed by atoms with van der Waals surface area (Å²) in [6.45, 7) is 0.963. The smallest absolute Gasteiger partial charge is 0.308 e. The number of benzene rings is 1. The number of piperidine rings is 1. The number of hydrogen-bond donors (Lipinski definition) is 1. The molecule has 1 saturated heterocycles. The molecule has 1 aromatic rings. The van der Waals surface area contributed by atoms with Crippen LogP contribution >= 0.6 is 0 Å². The zero-order valence-corrected chi connectivity index (χ0v) is 9.77. The summed E-state index contributed by atoms with van der Waals surface area (Å²) in [5.74, 6) is -1.76. The Morgan fingerprint density at radius 2 is 2.33 bits per heavy atom. The first kappa shape index (κ1) is 12.4. The van der Waals surface area contributed by atoms with Crippen LogP contribution in [-0.2, 0) is 4.79 Å². The van der Waals surface area contributed by atoms with Crippen molar-refractivity contribution in [2.24, 2.45) is 5.92 Å². The second-order valence-corrected chi connectivity index (χ2v) is 4.40. The summed E-state index contributed by atoms with van der Waals surface area (Å²) in [5, 5.41) is 17.7. The van der Waals surface area contributed by atoms with Gasteiger partial charge in [0.1, 0.15) is 5.82 Å². The SMILES string of the molecule is N#Cc1ccc(N2CCC[C@@H](C(=O)O)C2)c(F)c1. The minimum atomic E-state index is -0.839. The highest BCUT2D eigenvalue weighted by atomic mass is 19.1. The number of nitriles is 1. The number of anilines is 1. The van der Waals surface area contributed by atoms with Crippen molar-refractivity contribution >= 4 is 11.7 Å². The molecule has 0 aromatic heterocycles. The van der Waals surface area contributed by atoms with Crippen molar-refractivity contribution in [3.8, 4) is 6.07 Å². The van der Waals surface area contributed by atoms with Gasteiger partial charge < -0.3 is 10.0 Å². The van der Waals surface area contributed by atoms with E-state index in [1.807, 2.05) is 6.07 Å². The van der Waals surface area contributed by atoms with Gasteiger partial charge in [0.05, 0.1) is 23.2 Å². The maximum atomic E-state index is 13.8. The molecule has 18 heavy (non-hydrogen) atoms. The maximum absolute atomic E-state index is 13.8. The lowest BCUT2D eigenvalue weighted by Gasteiger charge is -2.32. The summed E-state index contributed by atoms with van der Waals surface area (Å²) in [6, 6.07) is 6.14. The van der Waals surface area contributed by atoms with E-state index in [0.29, 0.717) is 25.2 Å². The second kappa shape index (κ2) is 5.05. The highest BCUT2D eigenvalue weighted by molar-refractivity contribution is 5.71. The number of aliphatic carboxylic acids is 1. The molecule has 0 unspecified atom stereocenters. The summed E-state index contributed by atoms with van der Waals surface area (Å²) < 4.78 is 13.8. The normalized spacial score (nSPS) is 19.3. The van der Waals surface area contributed by atoms with Crippen LogP contribution in [0.25, 0.3) is 0 Å². The molecule has 1 fully saturated rings. The number of carbonyl (C=O) groups is 1. The Labute approximate surface area is 104 Å². The van der Waals surface area contributed by atoms with Gasteiger partial charge >= 0.3 is 5.97 Å². The van der Waals surface area contributed by atoms with Crippen LogP contribution < -0.4 is 4.90 Å². The molecule has 94 valence electrons. The lowest BCUT2D eigenvalue weighted by Crippen LogP contribution is -2.39. The molecule has 1 heterocycles. The van der Waals surface area contributed by atoms with Gasteiger partial charge in [-0.15, -0.1) is 0 Å². The van der Waals surface area contributed by atoms with E-state index in [4.69, 9.17) is 10.4 Å². The van der Waals surface area contributed by atoms with Crippen LogP contribution in [0, 0.1) is 23.1 Å². The Morgan fingerprint density at radius 1 is 1.56 bits per heavy atom. The molecule has 0 spiro atoms. The zero-order chi connectivity index (χ0) is 13.1. The van der Waals surface area contributed by atoms with Gasteiger partial charge in [0, 0.05) is 13.1 Å². The van der Waals surface area contributed by atoms with Gasteiger partial charge in [-0.2, -0.15) is 5.26 Å². The molecule has 1 N–H and O–H groups in total. The van der Waals surface area contributed by atoms with Crippen molar-refractivity contribution in [2.45, 2.75) is 12.8 Å². The van der Waals surface area contributed by atoms with E-state index < -0.39 is 17.7 Å². The van der Waals surface area contributed by atoms with E-state index in [9.17, 15) is 9.18 Å². The molecule has 1 aliphatic heterocycles. The molecule has 1 atom stereocenters. The van der Waals surface area contributed by atoms with Gasteiger partial charge in [-0.1, -0.05) is 0 Å². The fraction of sp³-hybridized carbons (Fsp3) is 0.385. The predicted molar refractivity (Wildman–Crippen MR) is 63.7 cm³/mol. The summed E-state index contributed by atoms with van der Waals surface area (Å²) >= 11 is 0. The van der Waals surface area contributed by atoms with E-state index in [1.165, 1.54) is 12.1 Å². The standard InChI is InChI=1S/C13H13FN2O2/c14-11-6-9(7-15)3-4-12(11)16-5-1-2-10(8-16)13(17)18/h3-4,6,10H,1-2,5,8H2,(H,17,18)/t10-/m1/s1. The van der Waals surface area contributed by atoms with E-state index in [-0.39, 0.29) is 5.56 Å². The van der Waals surface area contributed by atoms with Crippen molar-refractivity contribution in [1.82, 2.24) is 0 Å². The first-order valence-corrected chi connectivity index (χ1v) is 5.79. The average Bonchev–Trinajstić information content (AvgIpc) is 2.38. The molecule has 0 radical (unpaired) electrons. The largest absolute Gasteiger partial charge is 0.481 e. The molecule has 5 heteroatoms. The van der Waals surface area contributed by atoms with Crippen LogP contribution in [0.3, 0.4) is 0 Å². The Hall–Kier alpha value is -2.09. The lowest BCUT2D eigenvalue weighted by atomic mass is 9.97. The van der Waals surface area contributed by atoms with Gasteiger partial charge in [0.2, 0.25) is 0 Å². The van der Waals surface area contributed by atoms with Gasteiger partial charge in [0.25, 0.3) is 0 Å². The fourth-order valence-electron chi connectivity index (χ4n) is 2.23. The average molecular weight is 248 g/mol. The highest BCUT2D eigenvalue weighted by Gasteiger charge is 2.26. The Balaban J connectivity index is 2.21. The fourth-order valence-corrected chi connectivity index (χ4v) is 2.23. The quantitative estimate of drug-likeness (QED) is 0.869. The topological polar surface area (TPSA) is 64.3 Å². The van der Waals surface area contributed by atoms with Gasteiger partial charge in [0.15, 0.2) is 0 Å². The molecule has 4 nitrogen and oxygen atoms in total. The van der Waals surface area contributed by atoms with Crippen molar-refractivity contribution in [3.63, 3.8) is 0 Å². The minimum Gasteiger partial charge on any atom is -0.481 e. The third-order valence-electron chi connectivity index (χ3n) is 3.19. The predicted octanol–water partition coefficient (Wildman–Crippen LogP) is 2.00. The van der Waals surface area contributed by atoms with Gasteiger partial charge in [-0.25, -0.2) is 4.39 Å². The zero-order valence-electron chi connectivity index (χ0n) is 9.77. The number of carboxylic acids is 1. The van der Waals surface area contributed by atoms with Gasteiger partial charge in [-0.3, -0.25) is 4.79 Å². The Kier molecular flexibility index (Phi) is 3.47. The van der Waals surface area contributed by atoms with E-state index in [0.717, 1.165) is 6.42 Å². The molecule has 0 amide bonds. The number of hydrogen-bond acceptors (Lipinski definition) is 3. The first-order valence-electron chi connectivity index (χ1n) is 5.79. The number of carboxylic acid groups (broad SMARTS) is 1. The van der Waals surface area contributed by atoms with E-state index in [2.05, 4.69) is 0 Å². The van der Waals surface area contributed by atoms with Crippen molar-refractivity contribution in [3.05, 3.63) is 29.6 Å². The molecule has 1 aromatic carbocycles. The molecular weight excluding hydrogens is 235 g/mol. The summed E-state index contributed by atoms with van der Waals surface area (Å²) in [7, 11) is 0. The molecule has 1 aliphatic rings. The molecule has 0 aliphatic carbocycles.